The van der Waals surface area contributed by atoms with Crippen molar-refractivity contribution in [1.82, 2.24) is 5.32 Å². The predicted octanol–water partition coefficient (Wildman–Crippen LogP) is 4.20. The van der Waals surface area contributed by atoms with Crippen molar-refractivity contribution in [3.05, 3.63) is 34.6 Å². The summed E-state index contributed by atoms with van der Waals surface area (Å²) in [5.41, 5.74) is 0.707. The molecule has 0 saturated heterocycles. The Bertz CT molecular complexity index is 450. The van der Waals surface area contributed by atoms with Crippen molar-refractivity contribution in [2.24, 2.45) is 5.92 Å². The lowest BCUT2D eigenvalue weighted by atomic mass is 9.97. The van der Waals surface area contributed by atoms with Gasteiger partial charge in [0, 0.05) is 17.7 Å². The molecule has 0 spiro atoms. The zero-order chi connectivity index (χ0) is 15.2. The molecular formula is C17H25ClFNO. The minimum absolute atomic E-state index is 0.160. The summed E-state index contributed by atoms with van der Waals surface area (Å²) >= 11 is 5.83. The second-order valence-electron chi connectivity index (χ2n) is 5.76. The lowest BCUT2D eigenvalue weighted by molar-refractivity contribution is 0.0190. The van der Waals surface area contributed by atoms with Crippen LogP contribution < -0.4 is 5.32 Å². The van der Waals surface area contributed by atoms with E-state index in [4.69, 9.17) is 16.3 Å². The third-order valence-corrected chi connectivity index (χ3v) is 4.19. The van der Waals surface area contributed by atoms with E-state index < -0.39 is 0 Å². The average Bonchev–Trinajstić information content (AvgIpc) is 3.28. The molecule has 4 heteroatoms. The van der Waals surface area contributed by atoms with Crippen LogP contribution in [0.2, 0.25) is 5.02 Å². The third-order valence-electron chi connectivity index (χ3n) is 3.95. The first-order chi connectivity index (χ1) is 10.2. The molecule has 0 bridgehead atoms. The summed E-state index contributed by atoms with van der Waals surface area (Å²) in [5.74, 6) is 0.395. The molecule has 0 radical (unpaired) electrons. The second kappa shape index (κ2) is 8.11. The number of rotatable bonds is 9. The minimum atomic E-state index is -0.225. The topological polar surface area (TPSA) is 21.3 Å². The van der Waals surface area contributed by atoms with Gasteiger partial charge >= 0.3 is 0 Å². The molecule has 1 saturated carbocycles. The van der Waals surface area contributed by atoms with Gasteiger partial charge in [-0.3, -0.25) is 0 Å². The van der Waals surface area contributed by atoms with Crippen LogP contribution in [0.4, 0.5) is 4.39 Å². The van der Waals surface area contributed by atoms with Crippen LogP contribution in [-0.2, 0) is 11.2 Å². The first-order valence-corrected chi connectivity index (χ1v) is 8.32. The summed E-state index contributed by atoms with van der Waals surface area (Å²) in [6.07, 6.45) is 4.32. The van der Waals surface area contributed by atoms with Crippen LogP contribution in [0.3, 0.4) is 0 Å². The van der Waals surface area contributed by atoms with Crippen LogP contribution in [0, 0.1) is 11.7 Å². The predicted molar refractivity (Wildman–Crippen MR) is 85.3 cm³/mol. The SMILES string of the molecule is CCCNC(Cc1ccc(Cl)cc1F)C(OCC)C1CC1. The molecule has 1 aliphatic carbocycles. The Labute approximate surface area is 132 Å². The molecule has 1 aromatic carbocycles. The van der Waals surface area contributed by atoms with E-state index in [0.717, 1.165) is 13.0 Å². The molecular weight excluding hydrogens is 289 g/mol. The van der Waals surface area contributed by atoms with Gasteiger partial charge in [-0.1, -0.05) is 24.6 Å². The van der Waals surface area contributed by atoms with Crippen molar-refractivity contribution in [2.45, 2.75) is 51.7 Å². The van der Waals surface area contributed by atoms with Crippen molar-refractivity contribution in [2.75, 3.05) is 13.2 Å². The van der Waals surface area contributed by atoms with E-state index in [0.29, 0.717) is 29.5 Å². The maximum absolute atomic E-state index is 14.0. The molecule has 2 rings (SSSR count). The van der Waals surface area contributed by atoms with Gasteiger partial charge in [0.05, 0.1) is 6.10 Å². The fourth-order valence-electron chi connectivity index (χ4n) is 2.76. The van der Waals surface area contributed by atoms with Gasteiger partial charge in [-0.05, 0) is 62.8 Å². The van der Waals surface area contributed by atoms with Gasteiger partial charge in [-0.2, -0.15) is 0 Å². The molecule has 0 amide bonds. The van der Waals surface area contributed by atoms with Crippen molar-refractivity contribution in [3.63, 3.8) is 0 Å². The smallest absolute Gasteiger partial charge is 0.127 e. The Morgan fingerprint density at radius 3 is 2.71 bits per heavy atom. The highest BCUT2D eigenvalue weighted by molar-refractivity contribution is 6.30. The number of hydrogen-bond donors (Lipinski definition) is 1. The largest absolute Gasteiger partial charge is 0.377 e. The standard InChI is InChI=1S/C17H25ClFNO/c1-3-9-20-16(17(21-4-2)12-5-6-12)10-13-7-8-14(18)11-15(13)19/h7-8,11-12,16-17,20H,3-6,9-10H2,1-2H3. The first kappa shape index (κ1) is 16.7. The van der Waals surface area contributed by atoms with Crippen molar-refractivity contribution in [3.8, 4) is 0 Å². The van der Waals surface area contributed by atoms with Gasteiger partial charge in [0.25, 0.3) is 0 Å². The number of hydrogen-bond acceptors (Lipinski definition) is 2. The van der Waals surface area contributed by atoms with Crippen LogP contribution in [-0.4, -0.2) is 25.3 Å². The summed E-state index contributed by atoms with van der Waals surface area (Å²) in [5, 5.41) is 3.98. The number of halogens is 2. The molecule has 0 heterocycles. The lowest BCUT2D eigenvalue weighted by Crippen LogP contribution is -2.44. The van der Waals surface area contributed by atoms with Gasteiger partial charge < -0.3 is 10.1 Å². The fraction of sp³-hybridized carbons (Fsp3) is 0.647. The van der Waals surface area contributed by atoms with Crippen LogP contribution in [0.1, 0.15) is 38.7 Å². The molecule has 2 unspecified atom stereocenters. The number of ether oxygens (including phenoxy) is 1. The van der Waals surface area contributed by atoms with E-state index in [-0.39, 0.29) is 18.0 Å². The normalized spacial score (nSPS) is 17.7. The highest BCUT2D eigenvalue weighted by Gasteiger charge is 2.37. The van der Waals surface area contributed by atoms with Crippen LogP contribution >= 0.6 is 11.6 Å². The van der Waals surface area contributed by atoms with Crippen LogP contribution in [0.15, 0.2) is 18.2 Å². The van der Waals surface area contributed by atoms with E-state index in [1.807, 2.05) is 6.92 Å². The van der Waals surface area contributed by atoms with E-state index >= 15 is 0 Å². The molecule has 1 aromatic rings. The zero-order valence-electron chi connectivity index (χ0n) is 12.9. The molecule has 2 atom stereocenters. The van der Waals surface area contributed by atoms with E-state index in [2.05, 4.69) is 12.2 Å². The zero-order valence-corrected chi connectivity index (χ0v) is 13.6. The Morgan fingerprint density at radius 1 is 1.38 bits per heavy atom. The van der Waals surface area contributed by atoms with E-state index in [9.17, 15) is 4.39 Å². The van der Waals surface area contributed by atoms with Gasteiger partial charge in [-0.15, -0.1) is 0 Å². The molecule has 0 aliphatic heterocycles. The monoisotopic (exact) mass is 313 g/mol. The summed E-state index contributed by atoms with van der Waals surface area (Å²) in [7, 11) is 0. The van der Waals surface area contributed by atoms with Gasteiger partial charge in [0.1, 0.15) is 5.82 Å². The molecule has 0 aromatic heterocycles. The van der Waals surface area contributed by atoms with Gasteiger partial charge in [0.15, 0.2) is 0 Å². The summed E-state index contributed by atoms with van der Waals surface area (Å²) in [4.78, 5) is 0. The van der Waals surface area contributed by atoms with Gasteiger partial charge in [-0.25, -0.2) is 4.39 Å². The van der Waals surface area contributed by atoms with Crippen molar-refractivity contribution >= 4 is 11.6 Å². The van der Waals surface area contributed by atoms with Crippen LogP contribution in [0.5, 0.6) is 0 Å². The summed E-state index contributed by atoms with van der Waals surface area (Å²) in [6.45, 7) is 5.79. The van der Waals surface area contributed by atoms with Crippen LogP contribution in [0.25, 0.3) is 0 Å². The molecule has 1 fully saturated rings. The lowest BCUT2D eigenvalue weighted by Gasteiger charge is -2.28. The number of benzene rings is 1. The summed E-state index contributed by atoms with van der Waals surface area (Å²) in [6, 6.07) is 5.09. The Morgan fingerprint density at radius 2 is 2.14 bits per heavy atom. The fourth-order valence-corrected chi connectivity index (χ4v) is 2.92. The average molecular weight is 314 g/mol. The molecule has 118 valence electrons. The number of nitrogens with one attached hydrogen (secondary N) is 1. The van der Waals surface area contributed by atoms with Crippen molar-refractivity contribution < 1.29 is 9.13 Å². The molecule has 21 heavy (non-hydrogen) atoms. The van der Waals surface area contributed by atoms with Crippen molar-refractivity contribution in [1.29, 1.82) is 0 Å². The highest BCUT2D eigenvalue weighted by Crippen LogP contribution is 2.36. The minimum Gasteiger partial charge on any atom is -0.377 e. The Kier molecular flexibility index (Phi) is 6.46. The summed E-state index contributed by atoms with van der Waals surface area (Å²) < 4.78 is 20.0. The Hall–Kier alpha value is -0.640. The highest BCUT2D eigenvalue weighted by atomic mass is 35.5. The molecule has 2 nitrogen and oxygen atoms in total. The van der Waals surface area contributed by atoms with E-state index in [1.54, 1.807) is 12.1 Å². The van der Waals surface area contributed by atoms with Gasteiger partial charge in [0.2, 0.25) is 0 Å². The first-order valence-electron chi connectivity index (χ1n) is 7.94. The third kappa shape index (κ3) is 4.94. The maximum atomic E-state index is 14.0. The molecule has 1 aliphatic rings. The van der Waals surface area contributed by atoms with E-state index in [1.165, 1.54) is 18.9 Å². The second-order valence-corrected chi connectivity index (χ2v) is 6.19. The molecule has 1 N–H and O–H groups in total. The maximum Gasteiger partial charge on any atom is 0.127 e. The Balaban J connectivity index is 2.10. The quantitative estimate of drug-likeness (QED) is 0.737.